The van der Waals surface area contributed by atoms with Gasteiger partial charge in [-0.15, -0.1) is 0 Å². The predicted octanol–water partition coefficient (Wildman–Crippen LogP) is 8.06. The van der Waals surface area contributed by atoms with Crippen molar-refractivity contribution in [2.75, 3.05) is 38.2 Å². The van der Waals surface area contributed by atoms with E-state index in [4.69, 9.17) is 37.9 Å². The van der Waals surface area contributed by atoms with Crippen molar-refractivity contribution in [2.45, 2.75) is 111 Å². The molecule has 2 aromatic carbocycles. The second-order valence-electron chi connectivity index (χ2n) is 17.0. The van der Waals surface area contributed by atoms with Gasteiger partial charge in [-0.05, 0) is 89.9 Å². The highest BCUT2D eigenvalue weighted by Gasteiger charge is 2.39. The van der Waals surface area contributed by atoms with Crippen molar-refractivity contribution < 1.29 is 37.5 Å². The molecule has 0 bridgehead atoms. The molecule has 2 N–H and O–H groups in total. The van der Waals surface area contributed by atoms with Crippen LogP contribution in [0.1, 0.15) is 81.8 Å². The molecular weight excluding hydrogens is 743 g/mol. The van der Waals surface area contributed by atoms with Gasteiger partial charge in [0.2, 0.25) is 0 Å². The maximum Gasteiger partial charge on any atom is 0.338 e. The first-order chi connectivity index (χ1) is 26.9. The Morgan fingerprint density at radius 2 is 1.68 bits per heavy atom. The first-order valence-corrected chi connectivity index (χ1v) is 22.6. The van der Waals surface area contributed by atoms with Gasteiger partial charge in [-0.3, -0.25) is 4.79 Å². The number of ether oxygens (including phenoxy) is 4. The first kappa shape index (κ1) is 43.5. The molecule has 1 aliphatic heterocycles. The highest BCUT2D eigenvalue weighted by molar-refractivity contribution is 6.74. The summed E-state index contributed by atoms with van der Waals surface area (Å²) in [5.41, 5.74) is 3.13. The number of hydrogen-bond acceptors (Lipinski definition) is 13. The van der Waals surface area contributed by atoms with E-state index < -0.39 is 19.9 Å². The number of anilines is 1. The van der Waals surface area contributed by atoms with Gasteiger partial charge in [0, 0.05) is 36.9 Å². The molecule has 1 saturated heterocycles. The Kier molecular flexibility index (Phi) is 14.3. The normalized spacial score (nSPS) is 14.6. The second-order valence-corrected chi connectivity index (χ2v) is 21.7. The van der Waals surface area contributed by atoms with Crippen LogP contribution in [-0.2, 0) is 30.0 Å². The minimum Gasteiger partial charge on any atom is -0.491 e. The third-order valence-corrected chi connectivity index (χ3v) is 14.6. The molecule has 0 amide bonds. The Labute approximate surface area is 337 Å². The van der Waals surface area contributed by atoms with E-state index in [0.29, 0.717) is 65.4 Å². The molecule has 0 aliphatic carbocycles. The molecule has 0 saturated carbocycles. The molecule has 5 rings (SSSR count). The maximum absolute atomic E-state index is 12.9. The Hall–Kier alpha value is -4.63. The lowest BCUT2D eigenvalue weighted by atomic mass is 10.0. The van der Waals surface area contributed by atoms with Crippen LogP contribution in [0.4, 0.5) is 5.82 Å². The number of nitrogens with one attached hydrogen (secondary N) is 2. The van der Waals surface area contributed by atoms with E-state index in [1.165, 1.54) is 0 Å². The van der Waals surface area contributed by atoms with E-state index in [9.17, 15) is 9.59 Å². The van der Waals surface area contributed by atoms with Gasteiger partial charge in [-0.2, -0.15) is 0 Å². The lowest BCUT2D eigenvalue weighted by molar-refractivity contribution is -0.153. The van der Waals surface area contributed by atoms with Crippen molar-refractivity contribution in [1.82, 2.24) is 20.4 Å². The number of esters is 2. The van der Waals surface area contributed by atoms with Crippen molar-refractivity contribution in [3.63, 3.8) is 0 Å². The molecule has 1 atom stereocenters. The number of rotatable bonds is 16. The summed E-state index contributed by atoms with van der Waals surface area (Å²) in [6.45, 7) is 22.2. The van der Waals surface area contributed by atoms with Gasteiger partial charge in [0.15, 0.2) is 14.1 Å². The first-order valence-electron chi connectivity index (χ1n) is 19.6. The molecule has 14 heteroatoms. The number of benzene rings is 2. The summed E-state index contributed by atoms with van der Waals surface area (Å²) >= 11 is 0. The fourth-order valence-electron chi connectivity index (χ4n) is 6.03. The van der Waals surface area contributed by atoms with Gasteiger partial charge >= 0.3 is 11.9 Å². The number of nitrogens with zero attached hydrogens (tertiary/aromatic N) is 3. The fraction of sp³-hybridized carbons (Fsp3) is 0.512. The maximum atomic E-state index is 12.9. The number of aryl methyl sites for hydroxylation is 1. The van der Waals surface area contributed by atoms with Gasteiger partial charge in [0.1, 0.15) is 41.8 Å². The van der Waals surface area contributed by atoms with Crippen LogP contribution in [-0.4, -0.2) is 86.0 Å². The molecular formula is C43H59N5O8Si. The van der Waals surface area contributed by atoms with Gasteiger partial charge < -0.3 is 38.5 Å². The lowest BCUT2D eigenvalue weighted by Gasteiger charge is -2.39. The summed E-state index contributed by atoms with van der Waals surface area (Å²) in [6, 6.07) is 16.6. The Morgan fingerprint density at radius 3 is 2.37 bits per heavy atom. The lowest BCUT2D eigenvalue weighted by Crippen LogP contribution is -2.48. The number of aromatic nitrogens is 3. The van der Waals surface area contributed by atoms with E-state index >= 15 is 0 Å². The summed E-state index contributed by atoms with van der Waals surface area (Å²) in [7, 11) is -2.20. The summed E-state index contributed by atoms with van der Waals surface area (Å²) in [4.78, 5) is 35.4. The zero-order chi connectivity index (χ0) is 41.4. The highest BCUT2D eigenvalue weighted by Crippen LogP contribution is 2.38. The molecule has 0 radical (unpaired) electrons. The zero-order valence-corrected chi connectivity index (χ0v) is 36.1. The van der Waals surface area contributed by atoms with Crippen molar-refractivity contribution in [3.05, 3.63) is 77.2 Å². The average Bonchev–Trinajstić information content (AvgIpc) is 3.52. The van der Waals surface area contributed by atoms with Crippen LogP contribution in [0.2, 0.25) is 18.1 Å². The summed E-state index contributed by atoms with van der Waals surface area (Å²) in [6.07, 6.45) is 1.35. The minimum absolute atomic E-state index is 0.0283. The van der Waals surface area contributed by atoms with E-state index in [1.807, 2.05) is 65.0 Å². The molecule has 3 heterocycles. The van der Waals surface area contributed by atoms with Gasteiger partial charge in [-0.1, -0.05) is 56.3 Å². The summed E-state index contributed by atoms with van der Waals surface area (Å²) in [5, 5.41) is 11.1. The van der Waals surface area contributed by atoms with Crippen LogP contribution < -0.4 is 15.4 Å². The van der Waals surface area contributed by atoms with Crippen LogP contribution in [0.5, 0.6) is 5.75 Å². The van der Waals surface area contributed by atoms with Crippen LogP contribution >= 0.6 is 0 Å². The van der Waals surface area contributed by atoms with E-state index in [-0.39, 0.29) is 42.9 Å². The smallest absolute Gasteiger partial charge is 0.338 e. The number of carbonyl (C=O) groups is 2. The van der Waals surface area contributed by atoms with E-state index in [0.717, 1.165) is 24.0 Å². The Balaban J connectivity index is 1.42. The fourth-order valence-corrected chi connectivity index (χ4v) is 7.37. The molecule has 57 heavy (non-hydrogen) atoms. The number of carbonyl (C=O) groups excluding carboxylic acids is 2. The van der Waals surface area contributed by atoms with Crippen molar-refractivity contribution in [2.24, 2.45) is 0 Å². The Morgan fingerprint density at radius 1 is 0.965 bits per heavy atom. The zero-order valence-electron chi connectivity index (χ0n) is 35.1. The molecule has 308 valence electrons. The standard InChI is InChI=1S/C43H59N5O8Si/c1-28-38(37-29(2)55-48-35(37)27-53-41(50)30-15-12-11-13-16-30)46-40(47-39(28)45-32-19-21-51-22-20-32)31-17-14-18-33(23-31)52-26-34(56-57(9,10)43(6,7)8)24-44-25-36(49)54-42(3,4)5/h11-18,23,32,34,44H,19-22,24-27H2,1-10H3,(H,45,46,47). The Bertz CT molecular complexity index is 1970. The molecule has 1 unspecified atom stereocenters. The summed E-state index contributed by atoms with van der Waals surface area (Å²) < 4.78 is 35.6. The third kappa shape index (κ3) is 12.2. The monoisotopic (exact) mass is 801 g/mol. The van der Waals surface area contributed by atoms with Crippen LogP contribution in [0, 0.1) is 13.8 Å². The molecule has 2 aromatic heterocycles. The van der Waals surface area contributed by atoms with Crippen LogP contribution in [0.15, 0.2) is 59.1 Å². The van der Waals surface area contributed by atoms with Crippen LogP contribution in [0.3, 0.4) is 0 Å². The molecule has 4 aromatic rings. The SMILES string of the molecule is Cc1onc(COC(=O)c2ccccc2)c1-c1nc(-c2cccc(OCC(CNCC(=O)OC(C)(C)C)O[Si](C)(C)C(C)(C)C)c2)nc(NC2CCOCC2)c1C. The third-order valence-electron chi connectivity index (χ3n) is 10.1. The quantitative estimate of drug-likeness (QED) is 0.0830. The van der Waals surface area contributed by atoms with Crippen molar-refractivity contribution in [3.8, 4) is 28.4 Å². The van der Waals surface area contributed by atoms with Crippen LogP contribution in [0.25, 0.3) is 22.6 Å². The molecule has 0 spiro atoms. The molecule has 1 aliphatic rings. The topological polar surface area (TPSA) is 156 Å². The molecule has 1 fully saturated rings. The largest absolute Gasteiger partial charge is 0.491 e. The van der Waals surface area contributed by atoms with E-state index in [1.54, 1.807) is 24.3 Å². The second kappa shape index (κ2) is 18.7. The van der Waals surface area contributed by atoms with Gasteiger partial charge in [0.25, 0.3) is 0 Å². The predicted molar refractivity (Wildman–Crippen MR) is 222 cm³/mol. The molecule has 13 nitrogen and oxygen atoms in total. The summed E-state index contributed by atoms with van der Waals surface area (Å²) in [5.74, 6) is 1.51. The number of hydrogen-bond donors (Lipinski definition) is 2. The van der Waals surface area contributed by atoms with Gasteiger partial charge in [-0.25, -0.2) is 14.8 Å². The highest BCUT2D eigenvalue weighted by atomic mass is 28.4. The van der Waals surface area contributed by atoms with Gasteiger partial charge in [0.05, 0.1) is 29.5 Å². The van der Waals surface area contributed by atoms with Crippen molar-refractivity contribution >= 4 is 26.1 Å². The average molecular weight is 802 g/mol. The van der Waals surface area contributed by atoms with E-state index in [2.05, 4.69) is 49.7 Å². The minimum atomic E-state index is -2.20. The van der Waals surface area contributed by atoms with Crippen molar-refractivity contribution in [1.29, 1.82) is 0 Å².